The van der Waals surface area contributed by atoms with Gasteiger partial charge in [0.25, 0.3) is 0 Å². The number of hydrogen-bond acceptors (Lipinski definition) is 8. The van der Waals surface area contributed by atoms with Crippen molar-refractivity contribution in [2.75, 3.05) is 12.3 Å². The van der Waals surface area contributed by atoms with E-state index in [0.29, 0.717) is 11.1 Å². The standard InChI is InChI=1S/C20H17N5O4Se/c1-2-28-20(27)19(30-12-7-4-3-5-8-12)25-23-18(22-24-25)16-11-15(26)13-9-6-10-14(21)17(13)29-16/h3-11,19H,2,21H2,1H3. The van der Waals surface area contributed by atoms with Crippen LogP contribution in [0, 0.1) is 0 Å². The zero-order valence-electron chi connectivity index (χ0n) is 15.9. The van der Waals surface area contributed by atoms with E-state index in [9.17, 15) is 9.59 Å². The molecule has 0 bridgehead atoms. The number of carbonyl (C=O) groups is 1. The van der Waals surface area contributed by atoms with Crippen LogP contribution in [0.25, 0.3) is 22.6 Å². The van der Waals surface area contributed by atoms with Gasteiger partial charge >= 0.3 is 177 Å². The number of nitrogen functional groups attached to an aromatic ring is 1. The van der Waals surface area contributed by atoms with Crippen LogP contribution in [0.4, 0.5) is 5.69 Å². The molecular weight excluding hydrogens is 453 g/mol. The van der Waals surface area contributed by atoms with E-state index < -0.39 is 10.9 Å². The van der Waals surface area contributed by atoms with E-state index in [4.69, 9.17) is 14.9 Å². The summed E-state index contributed by atoms with van der Waals surface area (Å²) >= 11 is -0.347. The summed E-state index contributed by atoms with van der Waals surface area (Å²) in [5, 5.41) is 12.7. The molecule has 10 heteroatoms. The van der Waals surface area contributed by atoms with Crippen molar-refractivity contribution in [3.8, 4) is 11.6 Å². The molecule has 0 amide bonds. The first kappa shape index (κ1) is 19.8. The van der Waals surface area contributed by atoms with Crippen molar-refractivity contribution in [1.82, 2.24) is 20.2 Å². The Morgan fingerprint density at radius 2 is 2.03 bits per heavy atom. The predicted octanol–water partition coefficient (Wildman–Crippen LogP) is 1.12. The number of fused-ring (bicyclic) bond motifs is 1. The number of nitrogens with zero attached hydrogens (tertiary/aromatic N) is 4. The summed E-state index contributed by atoms with van der Waals surface area (Å²) in [5.41, 5.74) is 6.24. The Balaban J connectivity index is 1.72. The second-order valence-corrected chi connectivity index (χ2v) is 8.59. The molecule has 4 rings (SSSR count). The third kappa shape index (κ3) is 3.96. The summed E-state index contributed by atoms with van der Waals surface area (Å²) in [7, 11) is 0. The number of nitrogens with two attached hydrogens (primary N) is 1. The van der Waals surface area contributed by atoms with Gasteiger partial charge in [-0.05, 0) is 0 Å². The van der Waals surface area contributed by atoms with Gasteiger partial charge in [0, 0.05) is 0 Å². The topological polar surface area (TPSA) is 126 Å². The number of tetrazole rings is 1. The fraction of sp³-hybridized carbons (Fsp3) is 0.150. The van der Waals surface area contributed by atoms with E-state index >= 15 is 0 Å². The van der Waals surface area contributed by atoms with Gasteiger partial charge in [-0.2, -0.15) is 0 Å². The second-order valence-electron chi connectivity index (χ2n) is 6.17. The number of esters is 1. The number of benzene rings is 2. The van der Waals surface area contributed by atoms with Crippen molar-refractivity contribution in [2.24, 2.45) is 0 Å². The molecule has 2 N–H and O–H groups in total. The monoisotopic (exact) mass is 471 g/mol. The van der Waals surface area contributed by atoms with Crippen molar-refractivity contribution < 1.29 is 13.9 Å². The van der Waals surface area contributed by atoms with Crippen LogP contribution in [-0.2, 0) is 9.53 Å². The van der Waals surface area contributed by atoms with Gasteiger partial charge in [0.05, 0.1) is 0 Å². The van der Waals surface area contributed by atoms with Crippen LogP contribution in [0.3, 0.4) is 0 Å². The molecule has 152 valence electrons. The number of rotatable bonds is 6. The third-order valence-corrected chi connectivity index (χ3v) is 6.53. The molecule has 2 heterocycles. The van der Waals surface area contributed by atoms with Crippen molar-refractivity contribution >= 4 is 42.0 Å². The number of para-hydroxylation sites is 1. The Kier molecular flexibility index (Phi) is 5.60. The molecule has 0 aliphatic rings. The summed E-state index contributed by atoms with van der Waals surface area (Å²) in [6, 6.07) is 15.8. The fourth-order valence-corrected chi connectivity index (χ4v) is 4.69. The molecule has 0 saturated carbocycles. The average Bonchev–Trinajstić information content (AvgIpc) is 3.23. The molecule has 9 nitrogen and oxygen atoms in total. The minimum absolute atomic E-state index is 0.0791. The molecule has 2 aromatic carbocycles. The molecule has 2 aromatic heterocycles. The number of aromatic nitrogens is 4. The van der Waals surface area contributed by atoms with E-state index in [1.54, 1.807) is 25.1 Å². The van der Waals surface area contributed by atoms with Gasteiger partial charge in [-0.3, -0.25) is 0 Å². The summed E-state index contributed by atoms with van der Waals surface area (Å²) < 4.78 is 11.9. The van der Waals surface area contributed by atoms with Crippen LogP contribution >= 0.6 is 0 Å². The minimum atomic E-state index is -0.752. The van der Waals surface area contributed by atoms with E-state index in [2.05, 4.69) is 15.4 Å². The number of hydrogen-bond donors (Lipinski definition) is 1. The Morgan fingerprint density at radius 1 is 1.23 bits per heavy atom. The van der Waals surface area contributed by atoms with Crippen LogP contribution in [0.15, 0.2) is 63.8 Å². The van der Waals surface area contributed by atoms with Crippen LogP contribution in [-0.4, -0.2) is 47.7 Å². The normalized spacial score (nSPS) is 12.0. The van der Waals surface area contributed by atoms with E-state index in [0.717, 1.165) is 4.46 Å². The maximum atomic E-state index is 12.5. The summed E-state index contributed by atoms with van der Waals surface area (Å²) in [6.07, 6.45) is 0. The number of ether oxygens (including phenoxy) is 1. The van der Waals surface area contributed by atoms with Crippen molar-refractivity contribution in [3.63, 3.8) is 0 Å². The first-order valence-corrected chi connectivity index (χ1v) is 10.9. The van der Waals surface area contributed by atoms with Gasteiger partial charge in [-0.15, -0.1) is 0 Å². The van der Waals surface area contributed by atoms with Crippen LogP contribution < -0.4 is 15.6 Å². The van der Waals surface area contributed by atoms with Gasteiger partial charge in [0.2, 0.25) is 0 Å². The van der Waals surface area contributed by atoms with E-state index in [1.165, 1.54) is 10.9 Å². The SMILES string of the molecule is CCOC(=O)C([Se]c1ccccc1)n1nnc(-c2cc(=O)c3cccc(N)c3o2)n1. The molecule has 1 unspecified atom stereocenters. The molecule has 0 aliphatic carbocycles. The molecular formula is C20H17N5O4Se. The maximum absolute atomic E-state index is 12.5. The second kappa shape index (κ2) is 8.48. The zero-order valence-corrected chi connectivity index (χ0v) is 17.6. The first-order valence-electron chi connectivity index (χ1n) is 9.07. The van der Waals surface area contributed by atoms with Crippen molar-refractivity contribution in [2.45, 2.75) is 11.9 Å². The van der Waals surface area contributed by atoms with Crippen LogP contribution in [0.2, 0.25) is 0 Å². The Bertz CT molecular complexity index is 1260. The summed E-state index contributed by atoms with van der Waals surface area (Å²) in [5.74, 6) is -0.253. The fourth-order valence-electron chi connectivity index (χ4n) is 2.76. The average molecular weight is 470 g/mol. The molecule has 0 fully saturated rings. The van der Waals surface area contributed by atoms with Crippen LogP contribution in [0.5, 0.6) is 0 Å². The van der Waals surface area contributed by atoms with E-state index in [-0.39, 0.29) is 44.2 Å². The number of anilines is 1. The van der Waals surface area contributed by atoms with Gasteiger partial charge in [-0.1, -0.05) is 0 Å². The molecule has 0 radical (unpaired) electrons. The van der Waals surface area contributed by atoms with Crippen LogP contribution in [0.1, 0.15) is 11.9 Å². The van der Waals surface area contributed by atoms with Crippen molar-refractivity contribution in [1.29, 1.82) is 0 Å². The van der Waals surface area contributed by atoms with Crippen molar-refractivity contribution in [3.05, 3.63) is 64.8 Å². The quantitative estimate of drug-likeness (QED) is 0.253. The number of carbonyl (C=O) groups excluding carboxylic acids is 1. The third-order valence-electron chi connectivity index (χ3n) is 4.12. The predicted molar refractivity (Wildman–Crippen MR) is 111 cm³/mol. The van der Waals surface area contributed by atoms with Gasteiger partial charge in [0.1, 0.15) is 0 Å². The molecule has 0 spiro atoms. The van der Waals surface area contributed by atoms with Gasteiger partial charge < -0.3 is 0 Å². The molecule has 0 aliphatic heterocycles. The zero-order chi connectivity index (χ0) is 21.1. The van der Waals surface area contributed by atoms with Gasteiger partial charge in [0.15, 0.2) is 0 Å². The summed E-state index contributed by atoms with van der Waals surface area (Å²) in [6.45, 7) is 1.97. The molecule has 4 aromatic rings. The Morgan fingerprint density at radius 3 is 2.80 bits per heavy atom. The first-order chi connectivity index (χ1) is 14.6. The van der Waals surface area contributed by atoms with E-state index in [1.807, 2.05) is 30.3 Å². The Hall–Kier alpha value is -3.49. The molecule has 30 heavy (non-hydrogen) atoms. The molecule has 1 atom stereocenters. The Labute approximate surface area is 177 Å². The van der Waals surface area contributed by atoms with Gasteiger partial charge in [-0.25, -0.2) is 0 Å². The summed E-state index contributed by atoms with van der Waals surface area (Å²) in [4.78, 5) is 25.4. The molecule has 0 saturated heterocycles.